The summed E-state index contributed by atoms with van der Waals surface area (Å²) in [4.78, 5) is 4.29. The summed E-state index contributed by atoms with van der Waals surface area (Å²) >= 11 is 0. The zero-order chi connectivity index (χ0) is 17.4. The average Bonchev–Trinajstić information content (AvgIpc) is 3.28. The monoisotopic (exact) mass is 346 g/mol. The third kappa shape index (κ3) is 3.33. The molecule has 134 valence electrons. The molecule has 1 aromatic heterocycles. The second-order valence-corrected chi connectivity index (χ2v) is 6.61. The molecule has 1 saturated heterocycles. The highest BCUT2D eigenvalue weighted by Crippen LogP contribution is 2.36. The van der Waals surface area contributed by atoms with Gasteiger partial charge in [0.05, 0.1) is 12.6 Å². The van der Waals surface area contributed by atoms with Crippen molar-refractivity contribution in [2.75, 3.05) is 26.9 Å². The number of likely N-dealkylation sites (N-methyl/N-ethyl adjacent to an activating group) is 1. The number of ether oxygens (including phenoxy) is 2. The van der Waals surface area contributed by atoms with Crippen LogP contribution in [0.15, 0.2) is 22.6 Å². The Hall–Kier alpha value is -2.16. The van der Waals surface area contributed by atoms with Crippen molar-refractivity contribution in [3.63, 3.8) is 0 Å². The molecule has 0 radical (unpaired) electrons. The minimum Gasteiger partial charge on any atom is -0.454 e. The summed E-state index contributed by atoms with van der Waals surface area (Å²) < 4.78 is 16.4. The molecule has 8 heteroatoms. The van der Waals surface area contributed by atoms with Crippen molar-refractivity contribution in [2.45, 2.75) is 32.2 Å². The smallest absolute Gasteiger partial charge is 0.231 e. The van der Waals surface area contributed by atoms with Gasteiger partial charge in [0, 0.05) is 38.2 Å². The van der Waals surface area contributed by atoms with Gasteiger partial charge in [0.25, 0.3) is 0 Å². The van der Waals surface area contributed by atoms with Crippen molar-refractivity contribution in [3.05, 3.63) is 35.5 Å². The highest BCUT2D eigenvalue weighted by molar-refractivity contribution is 5.48. The predicted molar refractivity (Wildman–Crippen MR) is 88.1 cm³/mol. The number of benzene rings is 1. The zero-order valence-corrected chi connectivity index (χ0v) is 14.4. The van der Waals surface area contributed by atoms with Gasteiger partial charge in [0.15, 0.2) is 11.5 Å². The summed E-state index contributed by atoms with van der Waals surface area (Å²) in [5.74, 6) is 2.72. The van der Waals surface area contributed by atoms with E-state index in [9.17, 15) is 5.11 Å². The van der Waals surface area contributed by atoms with Gasteiger partial charge in [-0.15, -0.1) is 10.2 Å². The van der Waals surface area contributed by atoms with Crippen LogP contribution in [0.1, 0.15) is 17.3 Å². The van der Waals surface area contributed by atoms with Gasteiger partial charge in [0.2, 0.25) is 18.6 Å². The largest absolute Gasteiger partial charge is 0.454 e. The van der Waals surface area contributed by atoms with Gasteiger partial charge in [-0.05, 0) is 13.1 Å². The van der Waals surface area contributed by atoms with Gasteiger partial charge < -0.3 is 19.0 Å². The van der Waals surface area contributed by atoms with E-state index in [0.717, 1.165) is 23.6 Å². The highest BCUT2D eigenvalue weighted by atomic mass is 16.7. The second-order valence-electron chi connectivity index (χ2n) is 6.61. The lowest BCUT2D eigenvalue weighted by atomic mass is 10.2. The molecular formula is C17H22N4O4. The maximum atomic E-state index is 10.5. The molecule has 1 N–H and O–H groups in total. The van der Waals surface area contributed by atoms with E-state index in [1.807, 2.05) is 25.2 Å². The molecule has 0 aliphatic carbocycles. The molecule has 0 amide bonds. The molecule has 0 spiro atoms. The number of aliphatic hydroxyl groups is 1. The Morgan fingerprint density at radius 3 is 2.96 bits per heavy atom. The van der Waals surface area contributed by atoms with Crippen molar-refractivity contribution >= 4 is 0 Å². The number of hydrogen-bond donors (Lipinski definition) is 1. The molecule has 25 heavy (non-hydrogen) atoms. The highest BCUT2D eigenvalue weighted by Gasteiger charge is 2.35. The standard InChI is InChI=1S/C17H22N4O4/c1-11-18-19-16(25-11)9-20(2)13-7-21(8-14(13)22)6-12-4-3-5-15-17(12)24-10-23-15/h3-5,13-14,22H,6-10H2,1-2H3/t13?,14-/m1/s1. The van der Waals surface area contributed by atoms with Crippen LogP contribution in [0.2, 0.25) is 0 Å². The number of fused-ring (bicyclic) bond motifs is 1. The van der Waals surface area contributed by atoms with Gasteiger partial charge in [-0.2, -0.15) is 0 Å². The summed E-state index contributed by atoms with van der Waals surface area (Å²) in [5.41, 5.74) is 1.08. The second kappa shape index (κ2) is 6.62. The van der Waals surface area contributed by atoms with E-state index >= 15 is 0 Å². The lowest BCUT2D eigenvalue weighted by Crippen LogP contribution is -2.40. The van der Waals surface area contributed by atoms with Crippen LogP contribution in [-0.4, -0.2) is 64.2 Å². The number of para-hydroxylation sites is 1. The van der Waals surface area contributed by atoms with Gasteiger partial charge in [0.1, 0.15) is 0 Å². The molecule has 2 atom stereocenters. The first-order valence-corrected chi connectivity index (χ1v) is 8.37. The van der Waals surface area contributed by atoms with E-state index in [1.54, 1.807) is 6.92 Å². The van der Waals surface area contributed by atoms with Crippen LogP contribution in [0.4, 0.5) is 0 Å². The molecule has 0 bridgehead atoms. The first kappa shape index (κ1) is 16.3. The van der Waals surface area contributed by atoms with Crippen molar-refractivity contribution in [3.8, 4) is 11.5 Å². The Balaban J connectivity index is 1.40. The summed E-state index contributed by atoms with van der Waals surface area (Å²) in [6.45, 7) is 4.65. The van der Waals surface area contributed by atoms with Crippen LogP contribution in [0.3, 0.4) is 0 Å². The Morgan fingerprint density at radius 2 is 2.16 bits per heavy atom. The fourth-order valence-electron chi connectivity index (χ4n) is 3.50. The third-order valence-electron chi connectivity index (χ3n) is 4.73. The normalized spacial score (nSPS) is 22.9. The molecule has 8 nitrogen and oxygen atoms in total. The number of hydrogen-bond acceptors (Lipinski definition) is 8. The SMILES string of the molecule is Cc1nnc(CN(C)C2CN(Cc3cccc4c3OCO4)C[C@H]2O)o1. The summed E-state index contributed by atoms with van der Waals surface area (Å²) in [6, 6.07) is 5.93. The summed E-state index contributed by atoms with van der Waals surface area (Å²) in [7, 11) is 1.97. The van der Waals surface area contributed by atoms with Crippen molar-refractivity contribution in [2.24, 2.45) is 0 Å². The van der Waals surface area contributed by atoms with Crippen LogP contribution >= 0.6 is 0 Å². The average molecular weight is 346 g/mol. The van der Waals surface area contributed by atoms with E-state index in [1.165, 1.54) is 0 Å². The number of aromatic nitrogens is 2. The van der Waals surface area contributed by atoms with Gasteiger partial charge in [-0.3, -0.25) is 9.80 Å². The zero-order valence-electron chi connectivity index (χ0n) is 14.4. The number of β-amino-alcohol motifs (C(OH)–C–C–N with tert-alkyl or cyclic N) is 1. The van der Waals surface area contributed by atoms with E-state index in [0.29, 0.717) is 31.4 Å². The van der Waals surface area contributed by atoms with E-state index in [2.05, 4.69) is 20.0 Å². The Bertz CT molecular complexity index is 750. The number of rotatable bonds is 5. The molecule has 1 fully saturated rings. The van der Waals surface area contributed by atoms with Crippen LogP contribution in [0.5, 0.6) is 11.5 Å². The van der Waals surface area contributed by atoms with E-state index in [-0.39, 0.29) is 12.8 Å². The lowest BCUT2D eigenvalue weighted by molar-refractivity contribution is 0.0898. The molecular weight excluding hydrogens is 324 g/mol. The van der Waals surface area contributed by atoms with Gasteiger partial charge in [-0.25, -0.2) is 0 Å². The Labute approximate surface area is 146 Å². The Kier molecular flexibility index (Phi) is 4.32. The molecule has 2 aliphatic heterocycles. The number of aryl methyl sites for hydroxylation is 1. The number of likely N-dealkylation sites (tertiary alicyclic amines) is 1. The quantitative estimate of drug-likeness (QED) is 0.850. The molecule has 4 rings (SSSR count). The summed E-state index contributed by atoms with van der Waals surface area (Å²) in [6.07, 6.45) is -0.428. The molecule has 1 aromatic carbocycles. The molecule has 1 unspecified atom stereocenters. The van der Waals surface area contributed by atoms with Gasteiger partial charge >= 0.3 is 0 Å². The predicted octanol–water partition coefficient (Wildman–Crippen LogP) is 0.784. The molecule has 2 aromatic rings. The van der Waals surface area contributed by atoms with Crippen LogP contribution < -0.4 is 9.47 Å². The molecule has 3 heterocycles. The fraction of sp³-hybridized carbons (Fsp3) is 0.529. The molecule has 0 saturated carbocycles. The van der Waals surface area contributed by atoms with Crippen LogP contribution in [-0.2, 0) is 13.1 Å². The maximum absolute atomic E-state index is 10.5. The van der Waals surface area contributed by atoms with Crippen LogP contribution in [0.25, 0.3) is 0 Å². The minimum absolute atomic E-state index is 0.0149. The Morgan fingerprint density at radius 1 is 1.28 bits per heavy atom. The maximum Gasteiger partial charge on any atom is 0.231 e. The summed E-state index contributed by atoms with van der Waals surface area (Å²) in [5, 5.41) is 18.4. The van der Waals surface area contributed by atoms with Crippen molar-refractivity contribution in [1.82, 2.24) is 20.0 Å². The van der Waals surface area contributed by atoms with Crippen molar-refractivity contribution < 1.29 is 19.0 Å². The van der Waals surface area contributed by atoms with Gasteiger partial charge in [-0.1, -0.05) is 12.1 Å². The molecule has 2 aliphatic rings. The van der Waals surface area contributed by atoms with Crippen molar-refractivity contribution in [1.29, 1.82) is 0 Å². The topological polar surface area (TPSA) is 84.1 Å². The number of aliphatic hydroxyl groups excluding tert-OH is 1. The lowest BCUT2D eigenvalue weighted by Gasteiger charge is -2.25. The first-order valence-electron chi connectivity index (χ1n) is 8.37. The van der Waals surface area contributed by atoms with E-state index < -0.39 is 6.10 Å². The fourth-order valence-corrected chi connectivity index (χ4v) is 3.50. The number of nitrogens with zero attached hydrogens (tertiary/aromatic N) is 4. The van der Waals surface area contributed by atoms with Crippen LogP contribution in [0, 0.1) is 6.92 Å². The third-order valence-corrected chi connectivity index (χ3v) is 4.73. The minimum atomic E-state index is -0.428. The first-order chi connectivity index (χ1) is 12.1. The van der Waals surface area contributed by atoms with E-state index in [4.69, 9.17) is 13.9 Å².